The molecule has 0 radical (unpaired) electrons. The lowest BCUT2D eigenvalue weighted by atomic mass is 10.2. The Kier molecular flexibility index (Phi) is 4.93. The molecule has 0 saturated heterocycles. The lowest BCUT2D eigenvalue weighted by Crippen LogP contribution is -2.32. The summed E-state index contributed by atoms with van der Waals surface area (Å²) in [6.07, 6.45) is 1.85. The number of aromatic amines is 1. The zero-order valence-corrected chi connectivity index (χ0v) is 15.6. The van der Waals surface area contributed by atoms with Gasteiger partial charge in [-0.2, -0.15) is 0 Å². The van der Waals surface area contributed by atoms with Gasteiger partial charge in [0.05, 0.1) is 11.3 Å². The van der Waals surface area contributed by atoms with Crippen molar-refractivity contribution in [2.45, 2.75) is 12.1 Å². The smallest absolute Gasteiger partial charge is 0.277 e. The fraction of sp³-hybridized carbons (Fsp3) is 0.150. The van der Waals surface area contributed by atoms with Crippen LogP contribution in [0.5, 0.6) is 0 Å². The van der Waals surface area contributed by atoms with Crippen LogP contribution in [0.3, 0.4) is 0 Å². The van der Waals surface area contributed by atoms with Gasteiger partial charge in [0.25, 0.3) is 11.1 Å². The summed E-state index contributed by atoms with van der Waals surface area (Å²) in [5.41, 5.74) is 2.75. The number of hydrogen-bond donors (Lipinski definition) is 1. The molecule has 0 fully saturated rings. The van der Waals surface area contributed by atoms with Crippen LogP contribution >= 0.6 is 11.8 Å². The molecule has 0 bridgehead atoms. The van der Waals surface area contributed by atoms with E-state index in [2.05, 4.69) is 15.2 Å². The van der Waals surface area contributed by atoms with Crippen LogP contribution in [0, 0.1) is 0 Å². The zero-order valence-electron chi connectivity index (χ0n) is 14.8. The van der Waals surface area contributed by atoms with Gasteiger partial charge in [-0.1, -0.05) is 48.2 Å². The Morgan fingerprint density at radius 3 is 2.70 bits per heavy atom. The van der Waals surface area contributed by atoms with E-state index in [-0.39, 0.29) is 11.7 Å². The summed E-state index contributed by atoms with van der Waals surface area (Å²) in [5, 5.41) is 9.60. The molecular formula is C20H18N4O2S. The Balaban J connectivity index is 1.46. The van der Waals surface area contributed by atoms with Gasteiger partial charge in [-0.3, -0.25) is 4.79 Å². The first kappa shape index (κ1) is 17.4. The van der Waals surface area contributed by atoms with Crippen molar-refractivity contribution in [1.82, 2.24) is 15.2 Å². The molecule has 2 aromatic heterocycles. The van der Waals surface area contributed by atoms with Crippen molar-refractivity contribution < 1.29 is 9.21 Å². The van der Waals surface area contributed by atoms with Gasteiger partial charge >= 0.3 is 0 Å². The highest BCUT2D eigenvalue weighted by molar-refractivity contribution is 7.99. The number of nitrogens with zero attached hydrogens (tertiary/aromatic N) is 3. The monoisotopic (exact) mass is 378 g/mol. The van der Waals surface area contributed by atoms with Crippen LogP contribution < -0.4 is 4.90 Å². The molecule has 0 saturated carbocycles. The Hall–Kier alpha value is -3.06. The van der Waals surface area contributed by atoms with Crippen molar-refractivity contribution in [3.8, 4) is 11.5 Å². The van der Waals surface area contributed by atoms with Crippen LogP contribution in [0.15, 0.2) is 70.4 Å². The number of thioether (sulfide) groups is 1. The molecule has 0 unspecified atom stereocenters. The maximum Gasteiger partial charge on any atom is 0.277 e. The third-order valence-corrected chi connectivity index (χ3v) is 5.03. The fourth-order valence-corrected chi connectivity index (χ4v) is 3.58. The topological polar surface area (TPSA) is 75.0 Å². The van der Waals surface area contributed by atoms with Crippen molar-refractivity contribution in [3.63, 3.8) is 0 Å². The molecule has 6 nitrogen and oxygen atoms in total. The molecule has 136 valence electrons. The van der Waals surface area contributed by atoms with Gasteiger partial charge < -0.3 is 14.3 Å². The number of aromatic nitrogens is 3. The lowest BCUT2D eigenvalue weighted by Gasteiger charge is -2.20. The number of benzene rings is 2. The molecule has 1 amide bonds. The van der Waals surface area contributed by atoms with Crippen LogP contribution in [-0.4, -0.2) is 33.4 Å². The molecule has 0 aliphatic rings. The Bertz CT molecular complexity index is 1060. The van der Waals surface area contributed by atoms with Gasteiger partial charge in [-0.15, -0.1) is 10.2 Å². The third-order valence-electron chi connectivity index (χ3n) is 4.23. The summed E-state index contributed by atoms with van der Waals surface area (Å²) in [4.78, 5) is 17.5. The Morgan fingerprint density at radius 2 is 1.89 bits per heavy atom. The molecule has 0 aliphatic heterocycles. The SMILES string of the molecule is CCN(C(=O)CSc1nnc(-c2c[nH]c3ccccc23)o1)c1ccccc1. The second-order valence-electron chi connectivity index (χ2n) is 5.88. The van der Waals surface area contributed by atoms with Gasteiger partial charge in [0.1, 0.15) is 0 Å². The second kappa shape index (κ2) is 7.67. The van der Waals surface area contributed by atoms with Crippen LogP contribution in [0.2, 0.25) is 0 Å². The number of nitrogens with one attached hydrogen (secondary N) is 1. The number of H-pyrrole nitrogens is 1. The molecule has 2 heterocycles. The summed E-state index contributed by atoms with van der Waals surface area (Å²) in [6.45, 7) is 2.56. The first-order valence-electron chi connectivity index (χ1n) is 8.64. The first-order valence-corrected chi connectivity index (χ1v) is 9.63. The summed E-state index contributed by atoms with van der Waals surface area (Å²) < 4.78 is 5.76. The predicted molar refractivity (Wildman–Crippen MR) is 107 cm³/mol. The van der Waals surface area contributed by atoms with E-state index < -0.39 is 0 Å². The van der Waals surface area contributed by atoms with Crippen LogP contribution in [0.25, 0.3) is 22.4 Å². The summed E-state index contributed by atoms with van der Waals surface area (Å²) in [6, 6.07) is 17.5. The average Bonchev–Trinajstić information content (AvgIpc) is 3.34. The number of carbonyl (C=O) groups is 1. The van der Waals surface area contributed by atoms with E-state index in [4.69, 9.17) is 4.42 Å². The number of carbonyl (C=O) groups excluding carboxylic acids is 1. The van der Waals surface area contributed by atoms with E-state index in [1.807, 2.05) is 67.7 Å². The number of fused-ring (bicyclic) bond motifs is 1. The normalized spacial score (nSPS) is 11.0. The molecule has 2 aromatic carbocycles. The minimum atomic E-state index is 0.000504. The maximum atomic E-state index is 12.6. The van der Waals surface area contributed by atoms with Crippen molar-refractivity contribution in [3.05, 3.63) is 60.8 Å². The molecule has 1 N–H and O–H groups in total. The highest BCUT2D eigenvalue weighted by Gasteiger charge is 2.17. The Labute approximate surface area is 160 Å². The van der Waals surface area contributed by atoms with Crippen LogP contribution in [0.1, 0.15) is 6.92 Å². The molecule has 0 aliphatic carbocycles. The largest absolute Gasteiger partial charge is 0.411 e. The standard InChI is InChI=1S/C20H18N4O2S/c1-2-24(14-8-4-3-5-9-14)18(25)13-27-20-23-22-19(26-20)16-12-21-17-11-7-6-10-15(16)17/h3-12,21H,2,13H2,1H3. The molecule has 4 aromatic rings. The van der Waals surface area contributed by atoms with E-state index in [1.165, 1.54) is 11.8 Å². The minimum absolute atomic E-state index is 0.000504. The van der Waals surface area contributed by atoms with Crippen molar-refractivity contribution in [1.29, 1.82) is 0 Å². The van der Waals surface area contributed by atoms with Crippen molar-refractivity contribution in [2.24, 2.45) is 0 Å². The van der Waals surface area contributed by atoms with Gasteiger partial charge in [0.15, 0.2) is 0 Å². The number of para-hydroxylation sites is 2. The van der Waals surface area contributed by atoms with E-state index in [1.54, 1.807) is 4.90 Å². The van der Waals surface area contributed by atoms with Gasteiger partial charge in [0.2, 0.25) is 5.91 Å². The lowest BCUT2D eigenvalue weighted by molar-refractivity contribution is -0.116. The quantitative estimate of drug-likeness (QED) is 0.505. The van der Waals surface area contributed by atoms with Gasteiger partial charge in [-0.25, -0.2) is 0 Å². The molecule has 7 heteroatoms. The summed E-state index contributed by atoms with van der Waals surface area (Å²) in [5.74, 6) is 0.677. The molecule has 0 spiro atoms. The maximum absolute atomic E-state index is 12.6. The Morgan fingerprint density at radius 1 is 1.11 bits per heavy atom. The average molecular weight is 378 g/mol. The van der Waals surface area contributed by atoms with Gasteiger partial charge in [-0.05, 0) is 25.1 Å². The first-order chi connectivity index (χ1) is 13.3. The highest BCUT2D eigenvalue weighted by Crippen LogP contribution is 2.29. The summed E-state index contributed by atoms with van der Waals surface area (Å²) >= 11 is 1.25. The number of anilines is 1. The number of amides is 1. The van der Waals surface area contributed by atoms with E-state index >= 15 is 0 Å². The van der Waals surface area contributed by atoms with Gasteiger partial charge in [0, 0.05) is 29.3 Å². The van der Waals surface area contributed by atoms with E-state index in [0.29, 0.717) is 17.7 Å². The van der Waals surface area contributed by atoms with E-state index in [9.17, 15) is 4.79 Å². The molecule has 4 rings (SSSR count). The van der Waals surface area contributed by atoms with Crippen molar-refractivity contribution in [2.75, 3.05) is 17.2 Å². The second-order valence-corrected chi connectivity index (χ2v) is 6.81. The summed E-state index contributed by atoms with van der Waals surface area (Å²) in [7, 11) is 0. The van der Waals surface area contributed by atoms with Crippen LogP contribution in [-0.2, 0) is 4.79 Å². The number of hydrogen-bond acceptors (Lipinski definition) is 5. The predicted octanol–water partition coefficient (Wildman–Crippen LogP) is 4.36. The minimum Gasteiger partial charge on any atom is -0.411 e. The zero-order chi connectivity index (χ0) is 18.6. The van der Waals surface area contributed by atoms with Crippen LogP contribution in [0.4, 0.5) is 5.69 Å². The fourth-order valence-electron chi connectivity index (χ4n) is 2.94. The highest BCUT2D eigenvalue weighted by atomic mass is 32.2. The number of rotatable bonds is 6. The van der Waals surface area contributed by atoms with E-state index in [0.717, 1.165) is 22.2 Å². The van der Waals surface area contributed by atoms with Crippen molar-refractivity contribution >= 4 is 34.3 Å². The molecule has 0 atom stereocenters. The third kappa shape index (κ3) is 3.59. The molecular weight excluding hydrogens is 360 g/mol. The molecule has 27 heavy (non-hydrogen) atoms.